The first-order chi connectivity index (χ1) is 17.4. The number of ether oxygens (including phenoxy) is 5. The van der Waals surface area contributed by atoms with Gasteiger partial charge in [-0.15, -0.1) is 0 Å². The summed E-state index contributed by atoms with van der Waals surface area (Å²) in [4.78, 5) is 12.7. The van der Waals surface area contributed by atoms with Crippen LogP contribution in [-0.4, -0.2) is 46.6 Å². The quantitative estimate of drug-likeness (QED) is 0.227. The van der Waals surface area contributed by atoms with Crippen LogP contribution in [0.25, 0.3) is 18.2 Å². The van der Waals surface area contributed by atoms with Gasteiger partial charge >= 0.3 is 0 Å². The van der Waals surface area contributed by atoms with Crippen molar-refractivity contribution in [3.05, 3.63) is 71.3 Å². The third kappa shape index (κ3) is 6.09. The molecule has 0 unspecified atom stereocenters. The van der Waals surface area contributed by atoms with Gasteiger partial charge in [-0.2, -0.15) is 0 Å². The first-order valence-corrected chi connectivity index (χ1v) is 10.9. The summed E-state index contributed by atoms with van der Waals surface area (Å²) in [6.07, 6.45) is 6.58. The Balaban J connectivity index is 1.92. The van der Waals surface area contributed by atoms with Gasteiger partial charge in [0.25, 0.3) is 0 Å². The van der Waals surface area contributed by atoms with E-state index in [1.807, 2.05) is 18.2 Å². The van der Waals surface area contributed by atoms with Gasteiger partial charge in [0.05, 0.1) is 41.2 Å². The van der Waals surface area contributed by atoms with E-state index in [1.165, 1.54) is 20.3 Å². The number of aromatic hydroxyl groups is 1. The maximum absolute atomic E-state index is 12.7. The van der Waals surface area contributed by atoms with Crippen molar-refractivity contribution >= 4 is 29.8 Å². The van der Waals surface area contributed by atoms with Gasteiger partial charge in [0.15, 0.2) is 23.0 Å². The normalized spacial score (nSPS) is 10.9. The van der Waals surface area contributed by atoms with E-state index < -0.39 is 5.91 Å². The molecule has 0 aliphatic heterocycles. The Morgan fingerprint density at radius 1 is 0.750 bits per heavy atom. The highest BCUT2D eigenvalue weighted by molar-refractivity contribution is 6.04. The van der Waals surface area contributed by atoms with Crippen molar-refractivity contribution in [2.24, 2.45) is 0 Å². The molecule has 3 aromatic carbocycles. The van der Waals surface area contributed by atoms with Crippen LogP contribution in [0.5, 0.6) is 34.5 Å². The molecule has 0 heterocycles. The predicted octanol–water partition coefficient (Wildman–Crippen LogP) is 5.26. The van der Waals surface area contributed by atoms with Crippen molar-refractivity contribution in [3.8, 4) is 34.5 Å². The van der Waals surface area contributed by atoms with Crippen molar-refractivity contribution in [2.45, 2.75) is 0 Å². The molecule has 0 saturated carbocycles. The molecule has 1 amide bonds. The van der Waals surface area contributed by atoms with Crippen LogP contribution in [0.1, 0.15) is 16.7 Å². The van der Waals surface area contributed by atoms with Gasteiger partial charge in [-0.3, -0.25) is 4.79 Å². The Kier molecular flexibility index (Phi) is 8.83. The van der Waals surface area contributed by atoms with Gasteiger partial charge in [-0.1, -0.05) is 24.3 Å². The predicted molar refractivity (Wildman–Crippen MR) is 140 cm³/mol. The van der Waals surface area contributed by atoms with Crippen molar-refractivity contribution in [1.82, 2.24) is 0 Å². The van der Waals surface area contributed by atoms with E-state index in [1.54, 1.807) is 69.9 Å². The first kappa shape index (κ1) is 26.0. The lowest BCUT2D eigenvalue weighted by Gasteiger charge is -2.14. The molecule has 0 radical (unpaired) electrons. The Morgan fingerprint density at radius 3 is 2.06 bits per heavy atom. The molecule has 0 aliphatic rings. The highest BCUT2D eigenvalue weighted by Gasteiger charge is 2.15. The van der Waals surface area contributed by atoms with Crippen LogP contribution in [0.3, 0.4) is 0 Å². The number of phenols is 1. The maximum Gasteiger partial charge on any atom is 0.248 e. The van der Waals surface area contributed by atoms with Gasteiger partial charge in [0.2, 0.25) is 11.7 Å². The maximum atomic E-state index is 12.7. The van der Waals surface area contributed by atoms with E-state index in [0.717, 1.165) is 11.1 Å². The number of rotatable bonds is 10. The summed E-state index contributed by atoms with van der Waals surface area (Å²) >= 11 is 0. The molecule has 0 fully saturated rings. The minimum Gasteiger partial charge on any atom is -0.503 e. The fourth-order valence-electron chi connectivity index (χ4n) is 3.49. The lowest BCUT2D eigenvalue weighted by Crippen LogP contribution is -2.09. The number of carbonyl (C=O) groups is 1. The van der Waals surface area contributed by atoms with Crippen molar-refractivity contribution in [2.75, 3.05) is 40.9 Å². The monoisotopic (exact) mass is 491 g/mol. The number of hydrogen-bond acceptors (Lipinski definition) is 7. The minimum absolute atomic E-state index is 0.187. The molecule has 8 heteroatoms. The second-order valence-corrected chi connectivity index (χ2v) is 7.47. The van der Waals surface area contributed by atoms with Crippen LogP contribution in [-0.2, 0) is 4.79 Å². The first-order valence-electron chi connectivity index (χ1n) is 10.9. The smallest absolute Gasteiger partial charge is 0.248 e. The fourth-order valence-corrected chi connectivity index (χ4v) is 3.49. The molecule has 0 aliphatic carbocycles. The Labute approximate surface area is 210 Å². The Hall–Kier alpha value is -4.59. The summed E-state index contributed by atoms with van der Waals surface area (Å²) < 4.78 is 26.6. The van der Waals surface area contributed by atoms with Gasteiger partial charge < -0.3 is 34.1 Å². The summed E-state index contributed by atoms with van der Waals surface area (Å²) in [7, 11) is 7.63. The van der Waals surface area contributed by atoms with Crippen molar-refractivity contribution < 1.29 is 33.6 Å². The highest BCUT2D eigenvalue weighted by atomic mass is 16.5. The third-order valence-corrected chi connectivity index (χ3v) is 5.30. The van der Waals surface area contributed by atoms with Crippen LogP contribution in [0.2, 0.25) is 0 Å². The molecule has 36 heavy (non-hydrogen) atoms. The highest BCUT2D eigenvalue weighted by Crippen LogP contribution is 2.40. The molecule has 0 aromatic heterocycles. The average Bonchev–Trinajstić information content (AvgIpc) is 2.91. The molecule has 0 bridgehead atoms. The molecular weight excluding hydrogens is 462 g/mol. The number of phenolic OH excluding ortho intramolecular Hbond substituents is 1. The molecular formula is C28H29NO7. The zero-order valence-corrected chi connectivity index (χ0v) is 20.8. The van der Waals surface area contributed by atoms with Crippen LogP contribution >= 0.6 is 0 Å². The number of benzene rings is 3. The standard InChI is InChI=1S/C28H29NO7/c1-32-21-8-6-7-18(15-21)10-14-25(30)29-26-20(12-13-22(33-2)27(26)31)11-9-19-16-23(34-3)28(36-5)24(17-19)35-4/h6-17,31H,1-5H3,(H,29,30)/b11-9-,14-10+. The van der Waals surface area contributed by atoms with E-state index in [0.29, 0.717) is 28.6 Å². The Morgan fingerprint density at radius 2 is 1.44 bits per heavy atom. The lowest BCUT2D eigenvalue weighted by atomic mass is 10.1. The number of hydrogen-bond donors (Lipinski definition) is 2. The number of methoxy groups -OCH3 is 5. The summed E-state index contributed by atoms with van der Waals surface area (Å²) in [6.45, 7) is 0. The molecule has 8 nitrogen and oxygen atoms in total. The van der Waals surface area contributed by atoms with Crippen LogP contribution < -0.4 is 29.0 Å². The van der Waals surface area contributed by atoms with Gasteiger partial charge in [0, 0.05) is 11.6 Å². The molecule has 2 N–H and O–H groups in total. The molecule has 0 saturated heterocycles. The zero-order chi connectivity index (χ0) is 26.1. The van der Waals surface area contributed by atoms with Crippen molar-refractivity contribution in [3.63, 3.8) is 0 Å². The van der Waals surface area contributed by atoms with E-state index in [2.05, 4.69) is 5.32 Å². The van der Waals surface area contributed by atoms with Crippen LogP contribution in [0.15, 0.2) is 54.6 Å². The van der Waals surface area contributed by atoms with Crippen LogP contribution in [0.4, 0.5) is 5.69 Å². The number of anilines is 1. The fraction of sp³-hybridized carbons (Fsp3) is 0.179. The molecule has 188 valence electrons. The minimum atomic E-state index is -0.427. The zero-order valence-electron chi connectivity index (χ0n) is 20.8. The number of carbonyl (C=O) groups excluding carboxylic acids is 1. The van der Waals surface area contributed by atoms with Crippen LogP contribution in [0, 0.1) is 0 Å². The largest absolute Gasteiger partial charge is 0.503 e. The van der Waals surface area contributed by atoms with E-state index >= 15 is 0 Å². The molecule has 0 spiro atoms. The second-order valence-electron chi connectivity index (χ2n) is 7.47. The molecule has 3 rings (SSSR count). The summed E-state index contributed by atoms with van der Waals surface area (Å²) in [5, 5.41) is 13.5. The van der Waals surface area contributed by atoms with Gasteiger partial charge in [0.1, 0.15) is 5.75 Å². The van der Waals surface area contributed by atoms with E-state index in [-0.39, 0.29) is 17.2 Å². The summed E-state index contributed by atoms with van der Waals surface area (Å²) in [6, 6.07) is 14.2. The summed E-state index contributed by atoms with van der Waals surface area (Å²) in [5.41, 5.74) is 2.32. The molecule has 3 aromatic rings. The van der Waals surface area contributed by atoms with Crippen molar-refractivity contribution in [1.29, 1.82) is 0 Å². The van der Waals surface area contributed by atoms with Gasteiger partial charge in [-0.05, 0) is 53.6 Å². The lowest BCUT2D eigenvalue weighted by molar-refractivity contribution is -0.111. The average molecular weight is 492 g/mol. The topological polar surface area (TPSA) is 95.5 Å². The SMILES string of the molecule is COc1cccc(/C=C/C(=O)Nc2c(/C=C\c3cc(OC)c(OC)c(OC)c3)ccc(OC)c2O)c1. The second kappa shape index (κ2) is 12.2. The number of nitrogens with one attached hydrogen (secondary N) is 1. The molecule has 0 atom stereocenters. The van der Waals surface area contributed by atoms with E-state index in [4.69, 9.17) is 23.7 Å². The number of amides is 1. The van der Waals surface area contributed by atoms with Gasteiger partial charge in [-0.25, -0.2) is 0 Å². The van der Waals surface area contributed by atoms with E-state index in [9.17, 15) is 9.90 Å². The Bertz CT molecular complexity index is 1260. The third-order valence-electron chi connectivity index (χ3n) is 5.30. The summed E-state index contributed by atoms with van der Waals surface area (Å²) in [5.74, 6) is 1.79.